The van der Waals surface area contributed by atoms with E-state index in [-0.39, 0.29) is 18.1 Å². The lowest BCUT2D eigenvalue weighted by atomic mass is 10.2. The molecule has 1 aliphatic rings. The molecule has 2 atom stereocenters. The van der Waals surface area contributed by atoms with Gasteiger partial charge in [-0.25, -0.2) is 9.97 Å². The van der Waals surface area contributed by atoms with E-state index in [9.17, 15) is 4.79 Å². The first kappa shape index (κ1) is 15.6. The summed E-state index contributed by atoms with van der Waals surface area (Å²) in [6, 6.07) is 3.32. The van der Waals surface area contributed by atoms with Crippen LogP contribution in [0.25, 0.3) is 0 Å². The zero-order valence-corrected chi connectivity index (χ0v) is 13.0. The van der Waals surface area contributed by atoms with Gasteiger partial charge in [0.1, 0.15) is 0 Å². The molecule has 1 N–H and O–H groups in total. The average molecular weight is 316 g/mol. The van der Waals surface area contributed by atoms with E-state index in [0.29, 0.717) is 25.6 Å². The zero-order valence-electron chi connectivity index (χ0n) is 13.0. The third-order valence-electron chi connectivity index (χ3n) is 3.85. The number of anilines is 1. The first-order valence-electron chi connectivity index (χ1n) is 7.63. The Balaban J connectivity index is 1.55. The fraction of sp³-hybridized carbons (Fsp3) is 0.467. The second kappa shape index (κ2) is 7.30. The summed E-state index contributed by atoms with van der Waals surface area (Å²) >= 11 is 0. The highest BCUT2D eigenvalue weighted by Gasteiger charge is 2.28. The van der Waals surface area contributed by atoms with Crippen LogP contribution in [-0.2, 0) is 16.1 Å². The topological polar surface area (TPSA) is 85.2 Å². The molecule has 3 rings (SSSR count). The Morgan fingerprint density at radius 2 is 2.22 bits per heavy atom. The third kappa shape index (κ3) is 4.11. The summed E-state index contributed by atoms with van der Waals surface area (Å²) < 4.78 is 7.61. The number of morpholine rings is 1. The molecule has 1 aliphatic heterocycles. The molecule has 0 bridgehead atoms. The standard InChI is InChI=1S/C15H20N6O2/c1-12(14(22)19-15-16-4-2-5-17-15)20-8-9-23-13(10-20)11-21-7-3-6-18-21/h2-7,12-13H,8-11H2,1H3,(H,16,17,19,22)/t12-,13+/m1/s1. The van der Waals surface area contributed by atoms with Crippen LogP contribution >= 0.6 is 0 Å². The maximum Gasteiger partial charge on any atom is 0.243 e. The van der Waals surface area contributed by atoms with E-state index in [1.165, 1.54) is 0 Å². The van der Waals surface area contributed by atoms with Gasteiger partial charge >= 0.3 is 0 Å². The van der Waals surface area contributed by atoms with Crippen LogP contribution in [0.4, 0.5) is 5.95 Å². The molecule has 2 aromatic heterocycles. The summed E-state index contributed by atoms with van der Waals surface area (Å²) in [7, 11) is 0. The zero-order chi connectivity index (χ0) is 16.1. The second-order valence-electron chi connectivity index (χ2n) is 5.45. The molecule has 3 heterocycles. The van der Waals surface area contributed by atoms with Gasteiger partial charge in [0.2, 0.25) is 11.9 Å². The minimum absolute atomic E-state index is 0.0203. The molecule has 23 heavy (non-hydrogen) atoms. The number of ether oxygens (including phenoxy) is 1. The molecule has 0 spiro atoms. The fourth-order valence-corrected chi connectivity index (χ4v) is 2.57. The molecule has 8 nitrogen and oxygen atoms in total. The van der Waals surface area contributed by atoms with Crippen molar-refractivity contribution >= 4 is 11.9 Å². The Morgan fingerprint density at radius 3 is 2.96 bits per heavy atom. The molecule has 1 saturated heterocycles. The van der Waals surface area contributed by atoms with Gasteiger partial charge in [-0.15, -0.1) is 0 Å². The highest BCUT2D eigenvalue weighted by atomic mass is 16.5. The van der Waals surface area contributed by atoms with Gasteiger partial charge in [-0.2, -0.15) is 5.10 Å². The Morgan fingerprint density at radius 1 is 1.39 bits per heavy atom. The molecule has 1 amide bonds. The Labute approximate surface area is 134 Å². The summed E-state index contributed by atoms with van der Waals surface area (Å²) in [5.74, 6) is 0.210. The van der Waals surface area contributed by atoms with Crippen molar-refractivity contribution in [2.75, 3.05) is 25.0 Å². The van der Waals surface area contributed by atoms with Crippen molar-refractivity contribution in [1.82, 2.24) is 24.6 Å². The Kier molecular flexibility index (Phi) is 4.94. The molecule has 8 heteroatoms. The first-order chi connectivity index (χ1) is 11.2. The van der Waals surface area contributed by atoms with Crippen LogP contribution in [0.1, 0.15) is 6.92 Å². The molecule has 0 aromatic carbocycles. The van der Waals surface area contributed by atoms with Crippen molar-refractivity contribution in [3.63, 3.8) is 0 Å². The van der Waals surface area contributed by atoms with E-state index in [1.807, 2.05) is 23.9 Å². The van der Waals surface area contributed by atoms with E-state index in [2.05, 4.69) is 25.3 Å². The number of nitrogens with one attached hydrogen (secondary N) is 1. The number of nitrogens with zero attached hydrogens (tertiary/aromatic N) is 5. The number of carbonyl (C=O) groups excluding carboxylic acids is 1. The minimum Gasteiger partial charge on any atom is -0.374 e. The van der Waals surface area contributed by atoms with Gasteiger partial charge in [0.05, 0.1) is 25.3 Å². The van der Waals surface area contributed by atoms with Crippen LogP contribution < -0.4 is 5.32 Å². The van der Waals surface area contributed by atoms with E-state index in [4.69, 9.17) is 4.74 Å². The Bertz CT molecular complexity index is 618. The maximum atomic E-state index is 12.3. The van der Waals surface area contributed by atoms with Crippen molar-refractivity contribution in [2.24, 2.45) is 0 Å². The SMILES string of the molecule is C[C@H](C(=O)Nc1ncccn1)N1CCO[C@H](Cn2cccn2)C1. The van der Waals surface area contributed by atoms with Crippen LogP contribution in [0.15, 0.2) is 36.9 Å². The number of hydrogen-bond donors (Lipinski definition) is 1. The molecule has 0 aliphatic carbocycles. The average Bonchev–Trinajstić information content (AvgIpc) is 3.08. The lowest BCUT2D eigenvalue weighted by Gasteiger charge is -2.35. The number of aromatic nitrogens is 4. The van der Waals surface area contributed by atoms with E-state index in [0.717, 1.165) is 6.54 Å². The van der Waals surface area contributed by atoms with E-state index < -0.39 is 0 Å². The van der Waals surface area contributed by atoms with Gasteiger partial charge in [-0.1, -0.05) is 0 Å². The third-order valence-corrected chi connectivity index (χ3v) is 3.85. The quantitative estimate of drug-likeness (QED) is 0.859. The van der Waals surface area contributed by atoms with E-state index in [1.54, 1.807) is 24.7 Å². The van der Waals surface area contributed by atoms with E-state index >= 15 is 0 Å². The number of amides is 1. The maximum absolute atomic E-state index is 12.3. The second-order valence-corrected chi connectivity index (χ2v) is 5.45. The molecule has 1 fully saturated rings. The molecular formula is C15H20N6O2. The van der Waals surface area contributed by atoms with Crippen LogP contribution in [0.3, 0.4) is 0 Å². The fourth-order valence-electron chi connectivity index (χ4n) is 2.57. The number of carbonyl (C=O) groups is 1. The minimum atomic E-state index is -0.275. The summed E-state index contributed by atoms with van der Waals surface area (Å²) in [4.78, 5) is 22.5. The highest BCUT2D eigenvalue weighted by molar-refractivity contribution is 5.93. The summed E-state index contributed by atoms with van der Waals surface area (Å²) in [6.45, 7) is 4.57. The van der Waals surface area contributed by atoms with Gasteiger partial charge in [-0.3, -0.25) is 19.7 Å². The van der Waals surface area contributed by atoms with Crippen LogP contribution in [-0.4, -0.2) is 62.4 Å². The smallest absolute Gasteiger partial charge is 0.243 e. The van der Waals surface area contributed by atoms with Crippen molar-refractivity contribution in [3.8, 4) is 0 Å². The van der Waals surface area contributed by atoms with Gasteiger partial charge in [-0.05, 0) is 19.1 Å². The van der Waals surface area contributed by atoms with Crippen molar-refractivity contribution in [1.29, 1.82) is 0 Å². The molecule has 0 unspecified atom stereocenters. The molecule has 2 aromatic rings. The molecule has 0 radical (unpaired) electrons. The van der Waals surface area contributed by atoms with Crippen molar-refractivity contribution < 1.29 is 9.53 Å². The van der Waals surface area contributed by atoms with Crippen LogP contribution in [0.5, 0.6) is 0 Å². The number of hydrogen-bond acceptors (Lipinski definition) is 6. The van der Waals surface area contributed by atoms with Gasteiger partial charge in [0.15, 0.2) is 0 Å². The molecule has 0 saturated carbocycles. The number of rotatable bonds is 5. The van der Waals surface area contributed by atoms with Crippen molar-refractivity contribution in [2.45, 2.75) is 25.6 Å². The van der Waals surface area contributed by atoms with Crippen molar-refractivity contribution in [3.05, 3.63) is 36.9 Å². The summed E-state index contributed by atoms with van der Waals surface area (Å²) in [5, 5.41) is 6.93. The summed E-state index contributed by atoms with van der Waals surface area (Å²) in [6.07, 6.45) is 6.87. The predicted octanol–water partition coefficient (Wildman–Crippen LogP) is 0.401. The summed E-state index contributed by atoms with van der Waals surface area (Å²) in [5.41, 5.74) is 0. The van der Waals surface area contributed by atoms with Gasteiger partial charge in [0.25, 0.3) is 0 Å². The highest BCUT2D eigenvalue weighted by Crippen LogP contribution is 2.12. The Hall–Kier alpha value is -2.32. The van der Waals surface area contributed by atoms with Gasteiger partial charge in [0, 0.05) is 37.9 Å². The van der Waals surface area contributed by atoms with Gasteiger partial charge < -0.3 is 4.74 Å². The first-order valence-corrected chi connectivity index (χ1v) is 7.63. The molecule has 122 valence electrons. The lowest BCUT2D eigenvalue weighted by molar-refractivity contribution is -0.124. The van der Waals surface area contributed by atoms with Crippen LogP contribution in [0.2, 0.25) is 0 Å². The predicted molar refractivity (Wildman–Crippen MR) is 83.7 cm³/mol. The normalized spacial score (nSPS) is 20.1. The lowest BCUT2D eigenvalue weighted by Crippen LogP contribution is -2.51. The molecular weight excluding hydrogens is 296 g/mol. The monoisotopic (exact) mass is 316 g/mol. The largest absolute Gasteiger partial charge is 0.374 e. The van der Waals surface area contributed by atoms with Crippen LogP contribution in [0, 0.1) is 0 Å².